The lowest BCUT2D eigenvalue weighted by molar-refractivity contribution is -0.145. The van der Waals surface area contributed by atoms with Crippen molar-refractivity contribution in [2.45, 2.75) is 26.7 Å². The minimum atomic E-state index is -0.913. The lowest BCUT2D eigenvalue weighted by Crippen LogP contribution is -2.30. The number of amides is 1. The molecule has 3 atom stereocenters. The van der Waals surface area contributed by atoms with Crippen LogP contribution in [0.2, 0.25) is 5.15 Å². The highest BCUT2D eigenvalue weighted by Crippen LogP contribution is 2.37. The van der Waals surface area contributed by atoms with Crippen molar-refractivity contribution >= 4 is 29.2 Å². The van der Waals surface area contributed by atoms with Gasteiger partial charge in [0.2, 0.25) is 5.91 Å². The summed E-state index contributed by atoms with van der Waals surface area (Å²) in [5.41, 5.74) is 1.26. The van der Waals surface area contributed by atoms with Crippen LogP contribution in [0.15, 0.2) is 12.3 Å². The first-order valence-corrected chi connectivity index (χ1v) is 6.92. The molecular formula is C14H17ClN2O3. The number of carboxylic acid groups (broad SMARTS) is 1. The molecule has 0 radical (unpaired) electrons. The van der Waals surface area contributed by atoms with Gasteiger partial charge in [0.25, 0.3) is 0 Å². The Kier molecular flexibility index (Phi) is 4.28. The quantitative estimate of drug-likeness (QED) is 0.841. The number of hydrogen-bond acceptors (Lipinski definition) is 3. The molecule has 0 aromatic carbocycles. The van der Waals surface area contributed by atoms with Crippen LogP contribution in [0.3, 0.4) is 0 Å². The van der Waals surface area contributed by atoms with Gasteiger partial charge in [0.15, 0.2) is 5.15 Å². The molecular weight excluding hydrogens is 280 g/mol. The number of nitrogens with zero attached hydrogens (tertiary/aromatic N) is 1. The van der Waals surface area contributed by atoms with Crippen LogP contribution in [0.4, 0.5) is 5.69 Å². The fourth-order valence-corrected chi connectivity index (χ4v) is 3.00. The molecule has 2 rings (SSSR count). The van der Waals surface area contributed by atoms with E-state index >= 15 is 0 Å². The van der Waals surface area contributed by atoms with E-state index in [1.165, 1.54) is 0 Å². The highest BCUT2D eigenvalue weighted by Gasteiger charge is 2.41. The first kappa shape index (κ1) is 14.8. The molecule has 0 saturated heterocycles. The maximum Gasteiger partial charge on any atom is 0.307 e. The SMILES string of the molecule is Cc1ccnc(Cl)c1NC(=O)C1CC(C)CC1C(=O)O. The molecule has 6 heteroatoms. The number of aliphatic carboxylic acids is 1. The highest BCUT2D eigenvalue weighted by atomic mass is 35.5. The second-order valence-corrected chi connectivity index (χ2v) is 5.77. The number of carbonyl (C=O) groups is 2. The average molecular weight is 297 g/mol. The van der Waals surface area contributed by atoms with Gasteiger partial charge in [-0.2, -0.15) is 0 Å². The van der Waals surface area contributed by atoms with Gasteiger partial charge in [0, 0.05) is 6.20 Å². The molecule has 1 amide bonds. The van der Waals surface area contributed by atoms with Gasteiger partial charge in [-0.15, -0.1) is 0 Å². The maximum atomic E-state index is 12.3. The third kappa shape index (κ3) is 2.93. The summed E-state index contributed by atoms with van der Waals surface area (Å²) in [4.78, 5) is 27.5. The largest absolute Gasteiger partial charge is 0.481 e. The number of carbonyl (C=O) groups excluding carboxylic acids is 1. The summed E-state index contributed by atoms with van der Waals surface area (Å²) in [6.07, 6.45) is 2.68. The van der Waals surface area contributed by atoms with E-state index in [1.807, 2.05) is 13.8 Å². The van der Waals surface area contributed by atoms with E-state index < -0.39 is 17.8 Å². The van der Waals surface area contributed by atoms with E-state index in [4.69, 9.17) is 11.6 Å². The van der Waals surface area contributed by atoms with Crippen LogP contribution in [0.5, 0.6) is 0 Å². The normalized spacial score (nSPS) is 25.4. The lowest BCUT2D eigenvalue weighted by Gasteiger charge is -2.17. The van der Waals surface area contributed by atoms with Gasteiger partial charge in [-0.3, -0.25) is 9.59 Å². The Morgan fingerprint density at radius 1 is 1.40 bits per heavy atom. The number of nitrogens with one attached hydrogen (secondary N) is 1. The average Bonchev–Trinajstić information content (AvgIpc) is 2.76. The predicted molar refractivity (Wildman–Crippen MR) is 75.6 cm³/mol. The van der Waals surface area contributed by atoms with E-state index in [-0.39, 0.29) is 17.0 Å². The zero-order chi connectivity index (χ0) is 14.9. The van der Waals surface area contributed by atoms with Crippen LogP contribution in [0.1, 0.15) is 25.3 Å². The smallest absolute Gasteiger partial charge is 0.307 e. The summed E-state index contributed by atoms with van der Waals surface area (Å²) in [6, 6.07) is 1.74. The molecule has 1 aliphatic rings. The lowest BCUT2D eigenvalue weighted by atomic mass is 9.95. The summed E-state index contributed by atoms with van der Waals surface area (Å²) in [5.74, 6) is -2.11. The molecule has 1 aromatic heterocycles. The van der Waals surface area contributed by atoms with E-state index in [1.54, 1.807) is 12.3 Å². The molecule has 1 heterocycles. The van der Waals surface area contributed by atoms with Gasteiger partial charge in [-0.05, 0) is 37.3 Å². The number of aromatic nitrogens is 1. The first-order valence-electron chi connectivity index (χ1n) is 6.55. The van der Waals surface area contributed by atoms with Crippen LogP contribution in [-0.4, -0.2) is 22.0 Å². The Morgan fingerprint density at radius 2 is 2.05 bits per heavy atom. The number of pyridine rings is 1. The Labute approximate surface area is 122 Å². The molecule has 2 N–H and O–H groups in total. The first-order chi connectivity index (χ1) is 9.40. The zero-order valence-corrected chi connectivity index (χ0v) is 12.1. The summed E-state index contributed by atoms with van der Waals surface area (Å²) >= 11 is 5.97. The van der Waals surface area contributed by atoms with Crippen molar-refractivity contribution in [3.63, 3.8) is 0 Å². The topological polar surface area (TPSA) is 79.3 Å². The van der Waals surface area contributed by atoms with E-state index in [0.29, 0.717) is 18.5 Å². The van der Waals surface area contributed by atoms with Crippen molar-refractivity contribution in [2.75, 3.05) is 5.32 Å². The van der Waals surface area contributed by atoms with E-state index in [0.717, 1.165) is 5.56 Å². The predicted octanol–water partition coefficient (Wildman–Crippen LogP) is 2.73. The van der Waals surface area contributed by atoms with E-state index in [9.17, 15) is 14.7 Å². The summed E-state index contributed by atoms with van der Waals surface area (Å²) < 4.78 is 0. The van der Waals surface area contributed by atoms with Crippen molar-refractivity contribution < 1.29 is 14.7 Å². The van der Waals surface area contributed by atoms with Crippen LogP contribution >= 0.6 is 11.6 Å². The van der Waals surface area contributed by atoms with Gasteiger partial charge >= 0.3 is 5.97 Å². The van der Waals surface area contributed by atoms with Crippen molar-refractivity contribution in [1.29, 1.82) is 0 Å². The van der Waals surface area contributed by atoms with Crippen molar-refractivity contribution in [3.8, 4) is 0 Å². The molecule has 1 saturated carbocycles. The number of halogens is 1. The van der Waals surface area contributed by atoms with Crippen molar-refractivity contribution in [2.24, 2.45) is 17.8 Å². The molecule has 0 bridgehead atoms. The number of aryl methyl sites for hydroxylation is 1. The third-order valence-electron chi connectivity index (χ3n) is 3.81. The van der Waals surface area contributed by atoms with Crippen LogP contribution in [0.25, 0.3) is 0 Å². The molecule has 0 aliphatic heterocycles. The van der Waals surface area contributed by atoms with Crippen molar-refractivity contribution in [3.05, 3.63) is 23.0 Å². The second kappa shape index (κ2) is 5.79. The van der Waals surface area contributed by atoms with Crippen molar-refractivity contribution in [1.82, 2.24) is 4.98 Å². The number of anilines is 1. The fourth-order valence-electron chi connectivity index (χ4n) is 2.75. The van der Waals surface area contributed by atoms with Crippen LogP contribution in [0, 0.1) is 24.7 Å². The molecule has 5 nitrogen and oxygen atoms in total. The van der Waals surface area contributed by atoms with Crippen LogP contribution in [-0.2, 0) is 9.59 Å². The van der Waals surface area contributed by atoms with Gasteiger partial charge in [0.05, 0.1) is 17.5 Å². The molecule has 0 spiro atoms. The molecule has 20 heavy (non-hydrogen) atoms. The van der Waals surface area contributed by atoms with Gasteiger partial charge in [-0.25, -0.2) is 4.98 Å². The number of hydrogen-bond donors (Lipinski definition) is 2. The Bertz CT molecular complexity index is 527. The third-order valence-corrected chi connectivity index (χ3v) is 4.10. The van der Waals surface area contributed by atoms with Gasteiger partial charge < -0.3 is 10.4 Å². The number of carboxylic acids is 1. The Morgan fingerprint density at radius 3 is 2.65 bits per heavy atom. The fraction of sp³-hybridized carbons (Fsp3) is 0.500. The molecule has 1 aromatic rings. The van der Waals surface area contributed by atoms with Gasteiger partial charge in [0.1, 0.15) is 0 Å². The molecule has 1 aliphatic carbocycles. The Balaban J connectivity index is 2.18. The van der Waals surface area contributed by atoms with E-state index in [2.05, 4.69) is 10.3 Å². The standard InChI is InChI=1S/C14H17ClN2O3/c1-7-5-9(10(6-7)14(19)20)13(18)17-11-8(2)3-4-16-12(11)15/h3-4,7,9-10H,5-6H2,1-2H3,(H,17,18)(H,19,20). The second-order valence-electron chi connectivity index (χ2n) is 5.41. The summed E-state index contributed by atoms with van der Waals surface area (Å²) in [5, 5.41) is 12.2. The monoisotopic (exact) mass is 296 g/mol. The zero-order valence-electron chi connectivity index (χ0n) is 11.4. The number of rotatable bonds is 3. The van der Waals surface area contributed by atoms with Gasteiger partial charge in [-0.1, -0.05) is 18.5 Å². The highest BCUT2D eigenvalue weighted by molar-refractivity contribution is 6.32. The molecule has 1 fully saturated rings. The summed E-state index contributed by atoms with van der Waals surface area (Å²) in [7, 11) is 0. The minimum absolute atomic E-state index is 0.219. The molecule has 108 valence electrons. The van der Waals surface area contributed by atoms with Crippen LogP contribution < -0.4 is 5.32 Å². The summed E-state index contributed by atoms with van der Waals surface area (Å²) in [6.45, 7) is 3.78. The molecule has 3 unspecified atom stereocenters. The Hall–Kier alpha value is -1.62. The maximum absolute atomic E-state index is 12.3. The minimum Gasteiger partial charge on any atom is -0.481 e.